The third-order valence-corrected chi connectivity index (χ3v) is 4.67. The van der Waals surface area contributed by atoms with E-state index in [-0.39, 0.29) is 0 Å². The van der Waals surface area contributed by atoms with Gasteiger partial charge < -0.3 is 15.1 Å². The van der Waals surface area contributed by atoms with Gasteiger partial charge in [0.1, 0.15) is 0 Å². The fourth-order valence-electron chi connectivity index (χ4n) is 3.10. The summed E-state index contributed by atoms with van der Waals surface area (Å²) in [5.41, 5.74) is 2.72. The summed E-state index contributed by atoms with van der Waals surface area (Å²) in [4.78, 5) is 4.82. The van der Waals surface area contributed by atoms with Crippen LogP contribution in [0, 0.1) is 5.92 Å². The topological polar surface area (TPSA) is 18.5 Å². The minimum Gasteiger partial charge on any atom is -0.372 e. The molecule has 1 aliphatic heterocycles. The molecule has 1 saturated heterocycles. The Balaban J connectivity index is 1.73. The van der Waals surface area contributed by atoms with Crippen molar-refractivity contribution in [3.05, 3.63) is 29.8 Å². The number of hydrogen-bond donors (Lipinski definition) is 1. The fraction of sp³-hybridized carbons (Fsp3) is 0.667. The van der Waals surface area contributed by atoms with Crippen molar-refractivity contribution < 1.29 is 0 Å². The quantitative estimate of drug-likeness (QED) is 0.832. The van der Waals surface area contributed by atoms with Crippen molar-refractivity contribution in [1.82, 2.24) is 10.2 Å². The van der Waals surface area contributed by atoms with Crippen LogP contribution in [0.1, 0.15) is 32.3 Å². The predicted molar refractivity (Wildman–Crippen MR) is 91.9 cm³/mol. The lowest BCUT2D eigenvalue weighted by molar-refractivity contribution is 0.216. The summed E-state index contributed by atoms with van der Waals surface area (Å²) in [6.07, 6.45) is 2.68. The van der Waals surface area contributed by atoms with Crippen LogP contribution in [0.25, 0.3) is 0 Å². The van der Waals surface area contributed by atoms with Crippen LogP contribution in [0.3, 0.4) is 0 Å². The van der Waals surface area contributed by atoms with E-state index in [1.807, 2.05) is 0 Å². The summed E-state index contributed by atoms with van der Waals surface area (Å²) in [6.45, 7) is 11.2. The first-order chi connectivity index (χ1) is 10.2. The molecule has 3 heteroatoms. The van der Waals surface area contributed by atoms with Gasteiger partial charge in [0.25, 0.3) is 0 Å². The van der Waals surface area contributed by atoms with Gasteiger partial charge in [-0.3, -0.25) is 0 Å². The average molecular weight is 289 g/mol. The molecule has 1 N–H and O–H groups in total. The molecule has 0 saturated carbocycles. The molecule has 0 spiro atoms. The van der Waals surface area contributed by atoms with Gasteiger partial charge in [-0.2, -0.15) is 0 Å². The molecule has 118 valence electrons. The molecule has 1 aliphatic rings. The second-order valence-electron chi connectivity index (χ2n) is 6.22. The van der Waals surface area contributed by atoms with E-state index in [1.165, 1.54) is 37.2 Å². The highest BCUT2D eigenvalue weighted by Gasteiger charge is 2.15. The maximum Gasteiger partial charge on any atom is 0.0366 e. The zero-order valence-electron chi connectivity index (χ0n) is 13.9. The van der Waals surface area contributed by atoms with Gasteiger partial charge in [-0.25, -0.2) is 0 Å². The molecular weight excluding hydrogens is 258 g/mol. The molecule has 1 fully saturated rings. The average Bonchev–Trinajstić information content (AvgIpc) is 2.52. The molecule has 0 radical (unpaired) electrons. The van der Waals surface area contributed by atoms with Gasteiger partial charge in [0.2, 0.25) is 0 Å². The third kappa shape index (κ3) is 5.01. The Morgan fingerprint density at radius 3 is 2.29 bits per heavy atom. The lowest BCUT2D eigenvalue weighted by Crippen LogP contribution is -2.34. The van der Waals surface area contributed by atoms with Crippen molar-refractivity contribution in [3.63, 3.8) is 0 Å². The first-order valence-corrected chi connectivity index (χ1v) is 8.46. The molecule has 1 aromatic rings. The molecule has 0 amide bonds. The molecule has 0 unspecified atom stereocenters. The van der Waals surface area contributed by atoms with E-state index in [0.29, 0.717) is 0 Å². The lowest BCUT2D eigenvalue weighted by Gasteiger charge is -2.29. The fourth-order valence-corrected chi connectivity index (χ4v) is 3.10. The van der Waals surface area contributed by atoms with Crippen LogP contribution in [0.2, 0.25) is 0 Å². The SMILES string of the molecule is CCN(CC)c1ccc(CNCC2CCN(C)CC2)cc1. The van der Waals surface area contributed by atoms with E-state index in [4.69, 9.17) is 0 Å². The number of likely N-dealkylation sites (tertiary alicyclic amines) is 1. The highest BCUT2D eigenvalue weighted by Crippen LogP contribution is 2.16. The molecule has 0 aromatic heterocycles. The Bertz CT molecular complexity index is 389. The Morgan fingerprint density at radius 1 is 1.10 bits per heavy atom. The van der Waals surface area contributed by atoms with Gasteiger partial charge in [0, 0.05) is 25.3 Å². The molecule has 0 atom stereocenters. The predicted octanol–water partition coefficient (Wildman–Crippen LogP) is 2.96. The molecule has 1 aromatic carbocycles. The first-order valence-electron chi connectivity index (χ1n) is 8.46. The van der Waals surface area contributed by atoms with Crippen LogP contribution in [-0.4, -0.2) is 44.7 Å². The second kappa shape index (κ2) is 8.40. The summed E-state index contributed by atoms with van der Waals surface area (Å²) in [5, 5.41) is 3.63. The van der Waals surface area contributed by atoms with Gasteiger partial charge in [-0.15, -0.1) is 0 Å². The van der Waals surface area contributed by atoms with E-state index in [9.17, 15) is 0 Å². The number of hydrogen-bond acceptors (Lipinski definition) is 3. The minimum atomic E-state index is 0.858. The highest BCUT2D eigenvalue weighted by atomic mass is 15.1. The Morgan fingerprint density at radius 2 is 1.71 bits per heavy atom. The van der Waals surface area contributed by atoms with Crippen LogP contribution in [0.15, 0.2) is 24.3 Å². The number of nitrogens with one attached hydrogen (secondary N) is 1. The summed E-state index contributed by atoms with van der Waals surface area (Å²) in [6, 6.07) is 9.02. The summed E-state index contributed by atoms with van der Waals surface area (Å²) in [7, 11) is 2.22. The van der Waals surface area contributed by atoms with Crippen molar-refractivity contribution in [3.8, 4) is 0 Å². The van der Waals surface area contributed by atoms with E-state index < -0.39 is 0 Å². The van der Waals surface area contributed by atoms with Crippen LogP contribution in [-0.2, 0) is 6.54 Å². The zero-order valence-corrected chi connectivity index (χ0v) is 13.9. The van der Waals surface area contributed by atoms with Crippen molar-refractivity contribution >= 4 is 5.69 Å². The summed E-state index contributed by atoms with van der Waals surface area (Å²) < 4.78 is 0. The van der Waals surface area contributed by atoms with Gasteiger partial charge in [0.15, 0.2) is 0 Å². The maximum absolute atomic E-state index is 3.63. The maximum atomic E-state index is 3.63. The molecule has 2 rings (SSSR count). The number of anilines is 1. The van der Waals surface area contributed by atoms with Crippen LogP contribution < -0.4 is 10.2 Å². The van der Waals surface area contributed by atoms with Gasteiger partial charge in [-0.1, -0.05) is 12.1 Å². The van der Waals surface area contributed by atoms with Gasteiger partial charge >= 0.3 is 0 Å². The Hall–Kier alpha value is -1.06. The van der Waals surface area contributed by atoms with E-state index in [0.717, 1.165) is 32.1 Å². The second-order valence-corrected chi connectivity index (χ2v) is 6.22. The van der Waals surface area contributed by atoms with E-state index in [2.05, 4.69) is 60.3 Å². The van der Waals surface area contributed by atoms with Crippen molar-refractivity contribution in [1.29, 1.82) is 0 Å². The van der Waals surface area contributed by atoms with Crippen LogP contribution in [0.4, 0.5) is 5.69 Å². The largest absolute Gasteiger partial charge is 0.372 e. The monoisotopic (exact) mass is 289 g/mol. The lowest BCUT2D eigenvalue weighted by atomic mass is 9.97. The number of rotatable bonds is 7. The van der Waals surface area contributed by atoms with Crippen molar-refractivity contribution in [2.24, 2.45) is 5.92 Å². The van der Waals surface area contributed by atoms with E-state index in [1.54, 1.807) is 0 Å². The summed E-state index contributed by atoms with van der Waals surface area (Å²) >= 11 is 0. The van der Waals surface area contributed by atoms with Crippen molar-refractivity contribution in [2.45, 2.75) is 33.2 Å². The molecule has 3 nitrogen and oxygen atoms in total. The standard InChI is InChI=1S/C18H31N3/c1-4-21(5-2)18-8-6-16(7-9-18)14-19-15-17-10-12-20(3)13-11-17/h6-9,17,19H,4-5,10-15H2,1-3H3. The molecular formula is C18H31N3. The third-order valence-electron chi connectivity index (χ3n) is 4.67. The van der Waals surface area contributed by atoms with Crippen LogP contribution >= 0.6 is 0 Å². The summed E-state index contributed by atoms with van der Waals surface area (Å²) in [5.74, 6) is 0.858. The molecule has 21 heavy (non-hydrogen) atoms. The van der Waals surface area contributed by atoms with E-state index >= 15 is 0 Å². The number of benzene rings is 1. The highest BCUT2D eigenvalue weighted by molar-refractivity contribution is 5.47. The van der Waals surface area contributed by atoms with Crippen molar-refractivity contribution in [2.75, 3.05) is 44.7 Å². The first kappa shape index (κ1) is 16.3. The van der Waals surface area contributed by atoms with Gasteiger partial charge in [-0.05, 0) is 77.0 Å². The molecule has 1 heterocycles. The van der Waals surface area contributed by atoms with Gasteiger partial charge in [0.05, 0.1) is 0 Å². The molecule has 0 aliphatic carbocycles. The Kier molecular flexibility index (Phi) is 6.52. The Labute approximate surface area is 130 Å². The number of nitrogens with zero attached hydrogens (tertiary/aromatic N) is 2. The normalized spacial score (nSPS) is 17.1. The number of piperidine rings is 1. The van der Waals surface area contributed by atoms with Crippen LogP contribution in [0.5, 0.6) is 0 Å². The smallest absolute Gasteiger partial charge is 0.0366 e. The molecule has 0 bridgehead atoms. The minimum absolute atomic E-state index is 0.858. The zero-order chi connectivity index (χ0) is 15.1.